The van der Waals surface area contributed by atoms with Crippen LogP contribution in [-0.2, 0) is 16.6 Å². The first-order valence-corrected chi connectivity index (χ1v) is 9.48. The summed E-state index contributed by atoms with van der Waals surface area (Å²) < 4.78 is 27.4. The van der Waals surface area contributed by atoms with Crippen LogP contribution in [0.25, 0.3) is 0 Å². The van der Waals surface area contributed by atoms with Gasteiger partial charge in [-0.2, -0.15) is 0 Å². The van der Waals surface area contributed by atoms with Gasteiger partial charge >= 0.3 is 0 Å². The van der Waals surface area contributed by atoms with E-state index in [1.807, 2.05) is 12.3 Å². The second-order valence-electron chi connectivity index (χ2n) is 5.00. The minimum Gasteiger partial charge on any atom is -0.313 e. The molecule has 1 aromatic heterocycles. The molecule has 2 heterocycles. The van der Waals surface area contributed by atoms with E-state index in [0.717, 1.165) is 38.3 Å². The van der Waals surface area contributed by atoms with Gasteiger partial charge in [0.15, 0.2) is 0 Å². The second-order valence-corrected chi connectivity index (χ2v) is 7.91. The molecule has 0 spiro atoms. The topological polar surface area (TPSA) is 61.4 Å². The van der Waals surface area contributed by atoms with E-state index in [4.69, 9.17) is 0 Å². The summed E-state index contributed by atoms with van der Waals surface area (Å²) in [4.78, 5) is 2.30. The van der Waals surface area contributed by atoms with Crippen LogP contribution in [0, 0.1) is 0 Å². The Morgan fingerprint density at radius 2 is 2.10 bits per heavy atom. The van der Waals surface area contributed by atoms with Crippen molar-refractivity contribution in [3.63, 3.8) is 0 Å². The summed E-state index contributed by atoms with van der Waals surface area (Å²) >= 11 is 1.29. The van der Waals surface area contributed by atoms with E-state index in [9.17, 15) is 8.42 Å². The smallest absolute Gasteiger partial charge is 0.250 e. The van der Waals surface area contributed by atoms with Crippen LogP contribution in [0.2, 0.25) is 0 Å². The quantitative estimate of drug-likeness (QED) is 0.757. The Balaban J connectivity index is 1.83. The molecule has 0 aliphatic carbocycles. The van der Waals surface area contributed by atoms with Crippen molar-refractivity contribution >= 4 is 21.4 Å². The molecule has 0 saturated carbocycles. The fourth-order valence-electron chi connectivity index (χ4n) is 2.27. The molecule has 5 nitrogen and oxygen atoms in total. The molecule has 20 heavy (non-hydrogen) atoms. The van der Waals surface area contributed by atoms with Crippen molar-refractivity contribution in [2.24, 2.45) is 0 Å². The third-order valence-electron chi connectivity index (χ3n) is 3.39. The Morgan fingerprint density at radius 1 is 1.35 bits per heavy atom. The largest absolute Gasteiger partial charge is 0.313 e. The number of rotatable bonds is 8. The molecular weight excluding hydrogens is 294 g/mol. The fourth-order valence-corrected chi connectivity index (χ4v) is 4.55. The van der Waals surface area contributed by atoms with E-state index in [1.165, 1.54) is 24.2 Å². The zero-order chi connectivity index (χ0) is 14.4. The van der Waals surface area contributed by atoms with Gasteiger partial charge in [0.1, 0.15) is 4.21 Å². The van der Waals surface area contributed by atoms with Crippen molar-refractivity contribution in [2.75, 3.05) is 32.7 Å². The number of thiophene rings is 1. The van der Waals surface area contributed by atoms with Crippen LogP contribution in [0.15, 0.2) is 15.7 Å². The lowest BCUT2D eigenvalue weighted by atomic mass is 10.3. The number of hydrogen-bond acceptors (Lipinski definition) is 5. The Morgan fingerprint density at radius 3 is 2.80 bits per heavy atom. The highest BCUT2D eigenvalue weighted by Gasteiger charge is 2.17. The van der Waals surface area contributed by atoms with Crippen LogP contribution in [0.4, 0.5) is 0 Å². The van der Waals surface area contributed by atoms with Gasteiger partial charge in [-0.05, 0) is 49.5 Å². The molecule has 1 fully saturated rings. The SMILES string of the molecule is CCNCc1csc(S(=O)(=O)NCCN2CCCC2)c1. The first kappa shape index (κ1) is 15.9. The Bertz CT molecular complexity index is 507. The molecule has 0 amide bonds. The van der Waals surface area contributed by atoms with Crippen LogP contribution in [-0.4, -0.2) is 46.0 Å². The van der Waals surface area contributed by atoms with Crippen molar-refractivity contribution in [3.05, 3.63) is 17.0 Å². The molecule has 2 rings (SSSR count). The van der Waals surface area contributed by atoms with Gasteiger partial charge < -0.3 is 10.2 Å². The van der Waals surface area contributed by atoms with Gasteiger partial charge in [0.2, 0.25) is 10.0 Å². The molecule has 0 unspecified atom stereocenters. The van der Waals surface area contributed by atoms with Crippen molar-refractivity contribution in [1.29, 1.82) is 0 Å². The summed E-state index contributed by atoms with van der Waals surface area (Å²) in [5, 5.41) is 5.09. The van der Waals surface area contributed by atoms with E-state index in [2.05, 4.69) is 14.9 Å². The van der Waals surface area contributed by atoms with Crippen LogP contribution in [0.1, 0.15) is 25.3 Å². The van der Waals surface area contributed by atoms with Crippen molar-refractivity contribution < 1.29 is 8.42 Å². The minimum absolute atomic E-state index is 0.409. The summed E-state index contributed by atoms with van der Waals surface area (Å²) in [7, 11) is -3.34. The zero-order valence-electron chi connectivity index (χ0n) is 11.9. The van der Waals surface area contributed by atoms with Gasteiger partial charge in [0, 0.05) is 19.6 Å². The van der Waals surface area contributed by atoms with Gasteiger partial charge in [0.05, 0.1) is 0 Å². The molecule has 0 aromatic carbocycles. The number of hydrogen-bond donors (Lipinski definition) is 2. The molecule has 114 valence electrons. The first-order chi connectivity index (χ1) is 9.62. The summed E-state index contributed by atoms with van der Waals surface area (Å²) in [6, 6.07) is 1.76. The number of nitrogens with one attached hydrogen (secondary N) is 2. The molecule has 1 saturated heterocycles. The molecule has 1 aliphatic heterocycles. The molecule has 1 aromatic rings. The van der Waals surface area contributed by atoms with Crippen molar-refractivity contribution in [1.82, 2.24) is 14.9 Å². The maximum Gasteiger partial charge on any atom is 0.250 e. The van der Waals surface area contributed by atoms with Crippen LogP contribution in [0.3, 0.4) is 0 Å². The van der Waals surface area contributed by atoms with E-state index in [0.29, 0.717) is 10.8 Å². The lowest BCUT2D eigenvalue weighted by Crippen LogP contribution is -2.33. The predicted molar refractivity (Wildman–Crippen MR) is 82.6 cm³/mol. The van der Waals surface area contributed by atoms with E-state index in [1.54, 1.807) is 6.07 Å². The Kier molecular flexibility index (Phi) is 5.98. The molecular formula is C13H23N3O2S2. The second kappa shape index (κ2) is 7.51. The van der Waals surface area contributed by atoms with Gasteiger partial charge in [-0.3, -0.25) is 0 Å². The van der Waals surface area contributed by atoms with E-state index < -0.39 is 10.0 Å². The van der Waals surface area contributed by atoms with E-state index in [-0.39, 0.29) is 0 Å². The highest BCUT2D eigenvalue weighted by Crippen LogP contribution is 2.20. The molecule has 7 heteroatoms. The molecule has 0 bridgehead atoms. The third kappa shape index (κ3) is 4.53. The predicted octanol–water partition coefficient (Wildman–Crippen LogP) is 1.23. The maximum atomic E-state index is 12.2. The first-order valence-electron chi connectivity index (χ1n) is 7.12. The lowest BCUT2D eigenvalue weighted by molar-refractivity contribution is 0.344. The molecule has 2 N–H and O–H groups in total. The highest BCUT2D eigenvalue weighted by atomic mass is 32.2. The van der Waals surface area contributed by atoms with Crippen LogP contribution in [0.5, 0.6) is 0 Å². The van der Waals surface area contributed by atoms with Gasteiger partial charge in [-0.1, -0.05) is 6.92 Å². The number of likely N-dealkylation sites (tertiary alicyclic amines) is 1. The van der Waals surface area contributed by atoms with Gasteiger partial charge in [-0.15, -0.1) is 11.3 Å². The van der Waals surface area contributed by atoms with Gasteiger partial charge in [-0.25, -0.2) is 13.1 Å². The van der Waals surface area contributed by atoms with E-state index >= 15 is 0 Å². The monoisotopic (exact) mass is 317 g/mol. The van der Waals surface area contributed by atoms with Gasteiger partial charge in [0.25, 0.3) is 0 Å². The summed E-state index contributed by atoms with van der Waals surface area (Å²) in [5.74, 6) is 0. The summed E-state index contributed by atoms with van der Waals surface area (Å²) in [6.07, 6.45) is 2.46. The standard InChI is InChI=1S/C13H23N3O2S2/c1-2-14-10-12-9-13(19-11-12)20(17,18)15-5-8-16-6-3-4-7-16/h9,11,14-15H,2-8,10H2,1H3. The summed E-state index contributed by atoms with van der Waals surface area (Å²) in [5.41, 5.74) is 1.02. The average Bonchev–Trinajstić information content (AvgIpc) is 3.07. The van der Waals surface area contributed by atoms with Crippen LogP contribution >= 0.6 is 11.3 Å². The average molecular weight is 317 g/mol. The number of sulfonamides is 1. The molecule has 0 radical (unpaired) electrons. The lowest BCUT2D eigenvalue weighted by Gasteiger charge is -2.14. The maximum absolute atomic E-state index is 12.2. The fraction of sp³-hybridized carbons (Fsp3) is 0.692. The van der Waals surface area contributed by atoms with Crippen LogP contribution < -0.4 is 10.0 Å². The normalized spacial score (nSPS) is 16.9. The molecule has 0 atom stereocenters. The van der Waals surface area contributed by atoms with Crippen molar-refractivity contribution in [2.45, 2.75) is 30.5 Å². The summed E-state index contributed by atoms with van der Waals surface area (Å²) in [6.45, 7) is 7.10. The highest BCUT2D eigenvalue weighted by molar-refractivity contribution is 7.91. The minimum atomic E-state index is -3.34. The molecule has 1 aliphatic rings. The Labute approximate surface area is 125 Å². The number of nitrogens with zero attached hydrogens (tertiary/aromatic N) is 1. The van der Waals surface area contributed by atoms with Crippen molar-refractivity contribution in [3.8, 4) is 0 Å². The zero-order valence-corrected chi connectivity index (χ0v) is 13.5. The third-order valence-corrected chi connectivity index (χ3v) is 6.34. The Hall–Kier alpha value is -0.470.